The fourth-order valence-corrected chi connectivity index (χ4v) is 8.48. The molecule has 2 atom stereocenters. The van der Waals surface area contributed by atoms with Gasteiger partial charge >= 0.3 is 5.97 Å². The third-order valence-electron chi connectivity index (χ3n) is 12.5. The summed E-state index contributed by atoms with van der Waals surface area (Å²) >= 11 is 0. The lowest BCUT2D eigenvalue weighted by Crippen LogP contribution is -2.18. The minimum atomic E-state index is -0.0791. The smallest absolute Gasteiger partial charge is 0.306 e. The van der Waals surface area contributed by atoms with Crippen molar-refractivity contribution in [1.82, 2.24) is 0 Å². The van der Waals surface area contributed by atoms with Gasteiger partial charge in [0.1, 0.15) is 6.10 Å². The molecule has 0 amide bonds. The molecule has 340 valence electrons. The highest BCUT2D eigenvalue weighted by molar-refractivity contribution is 5.69. The normalized spacial score (nSPS) is 12.9. The second kappa shape index (κ2) is 47.8. The Balaban J connectivity index is 4.16. The van der Waals surface area contributed by atoms with Crippen LogP contribution >= 0.6 is 0 Å². The molecule has 0 spiro atoms. The molecule has 0 aliphatic heterocycles. The molecular weight excluding hydrogens is 697 g/mol. The van der Waals surface area contributed by atoms with E-state index < -0.39 is 0 Å². The van der Waals surface area contributed by atoms with Gasteiger partial charge in [-0.3, -0.25) is 4.79 Å². The third kappa shape index (κ3) is 47.7. The second-order valence-corrected chi connectivity index (χ2v) is 18.9. The minimum absolute atomic E-state index is 0.0549. The van der Waals surface area contributed by atoms with Crippen LogP contribution in [0.3, 0.4) is 0 Å². The van der Waals surface area contributed by atoms with Crippen LogP contribution in [0.25, 0.3) is 0 Å². The van der Waals surface area contributed by atoms with E-state index in [2.05, 4.69) is 39.8 Å². The number of aliphatic hydroxyl groups is 1. The molecule has 0 saturated heterocycles. The Hall–Kier alpha value is -0.830. The predicted octanol–water partition coefficient (Wildman–Crippen LogP) is 18.7. The highest BCUT2D eigenvalue weighted by atomic mass is 16.5. The molecule has 0 fully saturated rings. The first-order chi connectivity index (χ1) is 28.0. The molecule has 0 heterocycles. The molecule has 0 rings (SSSR count). The maximum Gasteiger partial charge on any atom is 0.306 e. The fourth-order valence-electron chi connectivity index (χ4n) is 8.48. The van der Waals surface area contributed by atoms with Crippen molar-refractivity contribution >= 4 is 5.97 Å². The molecular formula is C54H106O3. The first-order valence-corrected chi connectivity index (χ1v) is 26.5. The first-order valence-electron chi connectivity index (χ1n) is 26.5. The summed E-state index contributed by atoms with van der Waals surface area (Å²) in [4.78, 5) is 12.9. The second-order valence-electron chi connectivity index (χ2n) is 18.9. The molecule has 0 aliphatic carbocycles. The maximum absolute atomic E-state index is 12.9. The lowest BCUT2D eigenvalue weighted by molar-refractivity contribution is -0.150. The summed E-state index contributed by atoms with van der Waals surface area (Å²) in [5.74, 6) is 0.920. The number of esters is 1. The summed E-state index contributed by atoms with van der Waals surface area (Å²) in [7, 11) is 0. The number of carbonyl (C=O) groups is 1. The molecule has 0 aromatic heterocycles. The molecule has 2 unspecified atom stereocenters. The Morgan fingerprint density at radius 3 is 1.09 bits per heavy atom. The average molecular weight is 803 g/mol. The van der Waals surface area contributed by atoms with Crippen molar-refractivity contribution in [2.45, 2.75) is 322 Å². The van der Waals surface area contributed by atoms with Crippen LogP contribution in [0.4, 0.5) is 0 Å². The molecule has 3 nitrogen and oxygen atoms in total. The zero-order chi connectivity index (χ0) is 41.5. The van der Waals surface area contributed by atoms with Gasteiger partial charge in [-0.05, 0) is 76.5 Å². The van der Waals surface area contributed by atoms with E-state index in [4.69, 9.17) is 4.74 Å². The van der Waals surface area contributed by atoms with Crippen molar-refractivity contribution < 1.29 is 14.6 Å². The van der Waals surface area contributed by atoms with E-state index in [-0.39, 0.29) is 18.2 Å². The van der Waals surface area contributed by atoms with Crippen molar-refractivity contribution in [2.24, 2.45) is 5.92 Å². The van der Waals surface area contributed by atoms with E-state index in [1.54, 1.807) is 0 Å². The maximum atomic E-state index is 12.9. The van der Waals surface area contributed by atoms with Crippen molar-refractivity contribution in [2.75, 3.05) is 0 Å². The van der Waals surface area contributed by atoms with Gasteiger partial charge in [-0.25, -0.2) is 0 Å². The van der Waals surface area contributed by atoms with Crippen LogP contribution < -0.4 is 0 Å². The van der Waals surface area contributed by atoms with Gasteiger partial charge in [-0.1, -0.05) is 245 Å². The Bertz CT molecular complexity index is 790. The summed E-state index contributed by atoms with van der Waals surface area (Å²) in [6, 6.07) is 0. The van der Waals surface area contributed by atoms with Crippen molar-refractivity contribution in [3.63, 3.8) is 0 Å². The standard InChI is InChI=1S/C54H106O3/c1-5-7-9-11-12-13-14-15-16-20-23-26-33-38-44-50-54(56)57-53(48-42-36-31-25-22-19-17-18-21-24-29-34-39-45-51(3)4)49-43-37-32-28-27-30-35-41-47-52(55)46-40-10-8-6-2/h15-16,51-53,55H,5-14,17-50H2,1-4H3/b16-15-. The van der Waals surface area contributed by atoms with Gasteiger partial charge in [-0.2, -0.15) is 0 Å². The molecule has 1 N–H and O–H groups in total. The third-order valence-corrected chi connectivity index (χ3v) is 12.5. The van der Waals surface area contributed by atoms with E-state index in [9.17, 15) is 9.90 Å². The summed E-state index contributed by atoms with van der Waals surface area (Å²) < 4.78 is 6.15. The van der Waals surface area contributed by atoms with Crippen LogP contribution in [-0.4, -0.2) is 23.3 Å². The largest absolute Gasteiger partial charge is 0.462 e. The molecule has 0 radical (unpaired) electrons. The number of allylic oxidation sites excluding steroid dienone is 2. The van der Waals surface area contributed by atoms with Crippen LogP contribution in [0, 0.1) is 5.92 Å². The van der Waals surface area contributed by atoms with Crippen LogP contribution in [0.15, 0.2) is 12.2 Å². The molecule has 0 aromatic carbocycles. The van der Waals surface area contributed by atoms with E-state index >= 15 is 0 Å². The lowest BCUT2D eigenvalue weighted by Gasteiger charge is -2.18. The van der Waals surface area contributed by atoms with Crippen LogP contribution in [0.1, 0.15) is 310 Å². The van der Waals surface area contributed by atoms with Gasteiger partial charge in [0.15, 0.2) is 0 Å². The fraction of sp³-hybridized carbons (Fsp3) is 0.944. The summed E-state index contributed by atoms with van der Waals surface area (Å²) in [5.41, 5.74) is 0. The summed E-state index contributed by atoms with van der Waals surface area (Å²) in [6.45, 7) is 9.21. The number of rotatable bonds is 48. The number of ether oxygens (including phenoxy) is 1. The quantitative estimate of drug-likeness (QED) is 0.0379. The van der Waals surface area contributed by atoms with E-state index in [1.807, 2.05) is 0 Å². The Morgan fingerprint density at radius 1 is 0.404 bits per heavy atom. The zero-order valence-corrected chi connectivity index (χ0v) is 39.8. The zero-order valence-electron chi connectivity index (χ0n) is 39.8. The van der Waals surface area contributed by atoms with Gasteiger partial charge in [0.05, 0.1) is 6.10 Å². The molecule has 0 aromatic rings. The number of hydrogen-bond acceptors (Lipinski definition) is 3. The number of aliphatic hydroxyl groups excluding tert-OH is 1. The number of carbonyl (C=O) groups excluding carboxylic acids is 1. The molecule has 0 saturated carbocycles. The topological polar surface area (TPSA) is 46.5 Å². The highest BCUT2D eigenvalue weighted by Crippen LogP contribution is 2.20. The van der Waals surface area contributed by atoms with Gasteiger partial charge in [0.2, 0.25) is 0 Å². The molecule has 0 aliphatic rings. The van der Waals surface area contributed by atoms with Crippen LogP contribution in [-0.2, 0) is 9.53 Å². The SMILES string of the molecule is CCCCCCCC/C=C\CCCCCCCC(=O)OC(CCCCCCCCCCCCCCCC(C)C)CCCCCCCCCCC(O)CCCCCC. The Morgan fingerprint density at radius 2 is 0.702 bits per heavy atom. The van der Waals surface area contributed by atoms with Gasteiger partial charge < -0.3 is 9.84 Å². The van der Waals surface area contributed by atoms with Gasteiger partial charge in [0, 0.05) is 6.42 Å². The van der Waals surface area contributed by atoms with E-state index in [0.29, 0.717) is 6.42 Å². The van der Waals surface area contributed by atoms with Crippen molar-refractivity contribution in [3.05, 3.63) is 12.2 Å². The lowest BCUT2D eigenvalue weighted by atomic mass is 10.00. The van der Waals surface area contributed by atoms with Crippen LogP contribution in [0.5, 0.6) is 0 Å². The van der Waals surface area contributed by atoms with E-state index in [0.717, 1.165) is 44.4 Å². The van der Waals surface area contributed by atoms with Crippen LogP contribution in [0.2, 0.25) is 0 Å². The average Bonchev–Trinajstić information content (AvgIpc) is 3.19. The highest BCUT2D eigenvalue weighted by Gasteiger charge is 2.14. The minimum Gasteiger partial charge on any atom is -0.462 e. The van der Waals surface area contributed by atoms with Crippen molar-refractivity contribution in [3.8, 4) is 0 Å². The van der Waals surface area contributed by atoms with Gasteiger partial charge in [0.25, 0.3) is 0 Å². The number of unbranched alkanes of at least 4 members (excludes halogenated alkanes) is 33. The predicted molar refractivity (Wildman–Crippen MR) is 254 cm³/mol. The summed E-state index contributed by atoms with van der Waals surface area (Å²) in [5, 5.41) is 10.2. The number of hydrogen-bond donors (Lipinski definition) is 1. The molecule has 0 bridgehead atoms. The Labute approximate surface area is 359 Å². The summed E-state index contributed by atoms with van der Waals surface area (Å²) in [6.07, 6.45) is 60.8. The van der Waals surface area contributed by atoms with E-state index in [1.165, 1.54) is 238 Å². The van der Waals surface area contributed by atoms with Crippen molar-refractivity contribution in [1.29, 1.82) is 0 Å². The molecule has 57 heavy (non-hydrogen) atoms. The first kappa shape index (κ1) is 56.2. The Kier molecular flexibility index (Phi) is 47.1. The van der Waals surface area contributed by atoms with Gasteiger partial charge in [-0.15, -0.1) is 0 Å². The monoisotopic (exact) mass is 803 g/mol. The molecule has 3 heteroatoms.